The third-order valence-corrected chi connectivity index (χ3v) is 3.57. The van der Waals surface area contributed by atoms with Gasteiger partial charge in [0.2, 0.25) is 0 Å². The highest BCUT2D eigenvalue weighted by Crippen LogP contribution is 2.23. The maximum atomic E-state index is 12.0. The van der Waals surface area contributed by atoms with Gasteiger partial charge < -0.3 is 15.7 Å². The molecular weight excluding hydrogens is 256 g/mol. The van der Waals surface area contributed by atoms with Crippen molar-refractivity contribution in [2.24, 2.45) is 7.05 Å². The van der Waals surface area contributed by atoms with Gasteiger partial charge in [0.05, 0.1) is 11.7 Å². The van der Waals surface area contributed by atoms with E-state index in [4.69, 9.17) is 5.11 Å². The summed E-state index contributed by atoms with van der Waals surface area (Å²) < 4.78 is 1.83. The van der Waals surface area contributed by atoms with Gasteiger partial charge >= 0.3 is 6.03 Å². The highest BCUT2D eigenvalue weighted by atomic mass is 16.3. The van der Waals surface area contributed by atoms with Crippen LogP contribution in [-0.2, 0) is 7.05 Å². The van der Waals surface area contributed by atoms with Crippen LogP contribution in [0.1, 0.15) is 49.7 Å². The van der Waals surface area contributed by atoms with E-state index < -0.39 is 0 Å². The Labute approximate surface area is 120 Å². The summed E-state index contributed by atoms with van der Waals surface area (Å²) >= 11 is 0. The van der Waals surface area contributed by atoms with Crippen LogP contribution in [-0.4, -0.2) is 33.6 Å². The first kappa shape index (κ1) is 16.5. The number of aryl methyl sites for hydroxylation is 2. The van der Waals surface area contributed by atoms with Crippen molar-refractivity contribution in [3.8, 4) is 0 Å². The van der Waals surface area contributed by atoms with Crippen LogP contribution >= 0.6 is 0 Å². The number of nitrogens with zero attached hydrogens (tertiary/aromatic N) is 2. The van der Waals surface area contributed by atoms with E-state index in [1.54, 1.807) is 0 Å². The van der Waals surface area contributed by atoms with E-state index in [1.165, 1.54) is 0 Å². The predicted octanol–water partition coefficient (Wildman–Crippen LogP) is 1.56. The molecule has 0 aliphatic carbocycles. The second-order valence-electron chi connectivity index (χ2n) is 5.20. The van der Waals surface area contributed by atoms with Crippen LogP contribution in [0.15, 0.2) is 0 Å². The first-order valence-electron chi connectivity index (χ1n) is 7.08. The van der Waals surface area contributed by atoms with Crippen molar-refractivity contribution in [1.29, 1.82) is 0 Å². The summed E-state index contributed by atoms with van der Waals surface area (Å²) in [6.07, 6.45) is 1.35. The largest absolute Gasteiger partial charge is 0.396 e. The third-order valence-electron chi connectivity index (χ3n) is 3.57. The highest BCUT2D eigenvalue weighted by molar-refractivity contribution is 5.74. The SMILES string of the molecule is CCC(NC(=O)N[C@H](C)CCO)c1c(C)nn(C)c1C. The van der Waals surface area contributed by atoms with Gasteiger partial charge in [0.15, 0.2) is 0 Å². The molecule has 20 heavy (non-hydrogen) atoms. The minimum atomic E-state index is -0.208. The van der Waals surface area contributed by atoms with Gasteiger partial charge in [-0.3, -0.25) is 4.68 Å². The molecule has 6 heteroatoms. The number of aromatic nitrogens is 2. The molecule has 0 spiro atoms. The van der Waals surface area contributed by atoms with Gasteiger partial charge in [0.25, 0.3) is 0 Å². The molecule has 0 aliphatic heterocycles. The Morgan fingerprint density at radius 1 is 1.40 bits per heavy atom. The maximum absolute atomic E-state index is 12.0. The van der Waals surface area contributed by atoms with Crippen molar-refractivity contribution in [2.75, 3.05) is 6.61 Å². The highest BCUT2D eigenvalue weighted by Gasteiger charge is 2.20. The fourth-order valence-corrected chi connectivity index (χ4v) is 2.36. The average Bonchev–Trinajstić information content (AvgIpc) is 2.61. The summed E-state index contributed by atoms with van der Waals surface area (Å²) in [4.78, 5) is 12.0. The molecule has 0 radical (unpaired) electrons. The van der Waals surface area contributed by atoms with E-state index in [1.807, 2.05) is 39.4 Å². The predicted molar refractivity (Wildman–Crippen MR) is 78.5 cm³/mol. The maximum Gasteiger partial charge on any atom is 0.315 e. The van der Waals surface area contributed by atoms with Gasteiger partial charge in [0, 0.05) is 31.0 Å². The normalized spacial score (nSPS) is 13.9. The molecule has 1 aromatic rings. The topological polar surface area (TPSA) is 79.2 Å². The van der Waals surface area contributed by atoms with E-state index >= 15 is 0 Å². The monoisotopic (exact) mass is 282 g/mol. The van der Waals surface area contributed by atoms with E-state index in [9.17, 15) is 4.79 Å². The number of nitrogens with one attached hydrogen (secondary N) is 2. The number of carbonyl (C=O) groups excluding carboxylic acids is 1. The smallest absolute Gasteiger partial charge is 0.315 e. The number of amides is 2. The van der Waals surface area contributed by atoms with Crippen molar-refractivity contribution in [3.63, 3.8) is 0 Å². The number of urea groups is 1. The van der Waals surface area contributed by atoms with Gasteiger partial charge in [-0.05, 0) is 33.6 Å². The van der Waals surface area contributed by atoms with Crippen LogP contribution in [0, 0.1) is 13.8 Å². The van der Waals surface area contributed by atoms with E-state index in [0.29, 0.717) is 6.42 Å². The Kier molecular flexibility index (Phi) is 6.01. The van der Waals surface area contributed by atoms with Crippen molar-refractivity contribution >= 4 is 6.03 Å². The Bertz CT molecular complexity index is 456. The van der Waals surface area contributed by atoms with Gasteiger partial charge in [-0.15, -0.1) is 0 Å². The lowest BCUT2D eigenvalue weighted by molar-refractivity contribution is 0.227. The van der Waals surface area contributed by atoms with Crippen LogP contribution < -0.4 is 10.6 Å². The fraction of sp³-hybridized carbons (Fsp3) is 0.714. The first-order valence-corrected chi connectivity index (χ1v) is 7.08. The van der Waals surface area contributed by atoms with E-state index in [2.05, 4.69) is 15.7 Å². The molecule has 6 nitrogen and oxygen atoms in total. The number of carbonyl (C=O) groups is 1. The molecule has 2 amide bonds. The molecule has 0 aromatic carbocycles. The molecule has 0 aliphatic rings. The van der Waals surface area contributed by atoms with Gasteiger partial charge in [-0.25, -0.2) is 4.79 Å². The summed E-state index contributed by atoms with van der Waals surface area (Å²) in [5.41, 5.74) is 3.10. The summed E-state index contributed by atoms with van der Waals surface area (Å²) in [5, 5.41) is 19.0. The number of rotatable bonds is 6. The van der Waals surface area contributed by atoms with Crippen LogP contribution in [0.4, 0.5) is 4.79 Å². The zero-order chi connectivity index (χ0) is 15.3. The van der Waals surface area contributed by atoms with Gasteiger partial charge in [0.1, 0.15) is 0 Å². The molecule has 2 atom stereocenters. The first-order chi connectivity index (χ1) is 9.40. The van der Waals surface area contributed by atoms with Crippen LogP contribution in [0.2, 0.25) is 0 Å². The van der Waals surface area contributed by atoms with Crippen LogP contribution in [0.5, 0.6) is 0 Å². The number of aliphatic hydroxyl groups is 1. The molecule has 1 heterocycles. The minimum absolute atomic E-state index is 0.0476. The Morgan fingerprint density at radius 2 is 2.05 bits per heavy atom. The molecule has 3 N–H and O–H groups in total. The Morgan fingerprint density at radius 3 is 2.50 bits per heavy atom. The van der Waals surface area contributed by atoms with Crippen molar-refractivity contribution in [2.45, 2.75) is 52.6 Å². The van der Waals surface area contributed by atoms with Crippen molar-refractivity contribution in [1.82, 2.24) is 20.4 Å². The van der Waals surface area contributed by atoms with Crippen LogP contribution in [0.25, 0.3) is 0 Å². The lowest BCUT2D eigenvalue weighted by Crippen LogP contribution is -2.42. The molecule has 0 bridgehead atoms. The lowest BCUT2D eigenvalue weighted by Gasteiger charge is -2.20. The minimum Gasteiger partial charge on any atom is -0.396 e. The standard InChI is InChI=1S/C14H26N4O2/c1-6-12(13-10(3)17-18(5)11(13)4)16-14(20)15-9(2)7-8-19/h9,12,19H,6-8H2,1-5H3,(H2,15,16,20)/t9-,12?/m1/s1. The summed E-state index contributed by atoms with van der Waals surface area (Å²) in [6, 6.07) is -0.306. The van der Waals surface area contributed by atoms with Crippen LogP contribution in [0.3, 0.4) is 0 Å². The van der Waals surface area contributed by atoms with E-state index in [0.717, 1.165) is 23.4 Å². The molecule has 114 valence electrons. The number of hydrogen-bond donors (Lipinski definition) is 3. The second-order valence-corrected chi connectivity index (χ2v) is 5.20. The lowest BCUT2D eigenvalue weighted by atomic mass is 10.0. The summed E-state index contributed by atoms with van der Waals surface area (Å²) in [7, 11) is 1.90. The Hall–Kier alpha value is -1.56. The van der Waals surface area contributed by atoms with Gasteiger partial charge in [-0.1, -0.05) is 6.92 Å². The Balaban J connectivity index is 2.74. The summed E-state index contributed by atoms with van der Waals surface area (Å²) in [6.45, 7) is 7.94. The molecule has 1 aromatic heterocycles. The number of hydrogen-bond acceptors (Lipinski definition) is 3. The van der Waals surface area contributed by atoms with Crippen molar-refractivity contribution < 1.29 is 9.90 Å². The molecule has 0 fully saturated rings. The molecule has 1 unspecified atom stereocenters. The molecule has 0 saturated heterocycles. The van der Waals surface area contributed by atoms with Gasteiger partial charge in [-0.2, -0.15) is 5.10 Å². The molecular formula is C14H26N4O2. The molecule has 1 rings (SSSR count). The number of aliphatic hydroxyl groups excluding tert-OH is 1. The third kappa shape index (κ3) is 3.96. The molecule has 0 saturated carbocycles. The zero-order valence-electron chi connectivity index (χ0n) is 13.0. The average molecular weight is 282 g/mol. The van der Waals surface area contributed by atoms with E-state index in [-0.39, 0.29) is 24.7 Å². The fourth-order valence-electron chi connectivity index (χ4n) is 2.36. The van der Waals surface area contributed by atoms with Crippen molar-refractivity contribution in [3.05, 3.63) is 17.0 Å². The summed E-state index contributed by atoms with van der Waals surface area (Å²) in [5.74, 6) is 0. The second kappa shape index (κ2) is 7.28. The zero-order valence-corrected chi connectivity index (χ0v) is 13.0. The quantitative estimate of drug-likeness (QED) is 0.741.